The summed E-state index contributed by atoms with van der Waals surface area (Å²) in [7, 11) is 1.74. The summed E-state index contributed by atoms with van der Waals surface area (Å²) in [4.78, 5) is 4.28. The molecule has 0 aromatic carbocycles. The van der Waals surface area contributed by atoms with Crippen LogP contribution in [0.25, 0.3) is 0 Å². The highest BCUT2D eigenvalue weighted by atomic mass is 16.5. The Bertz CT molecular complexity index is 251. The zero-order valence-electron chi connectivity index (χ0n) is 8.63. The molecule has 0 amide bonds. The predicted molar refractivity (Wildman–Crippen MR) is 53.9 cm³/mol. The summed E-state index contributed by atoms with van der Waals surface area (Å²) < 4.78 is 5.02. The van der Waals surface area contributed by atoms with Gasteiger partial charge in [0.2, 0.25) is 0 Å². The van der Waals surface area contributed by atoms with Crippen LogP contribution in [0.15, 0.2) is 12.3 Å². The van der Waals surface area contributed by atoms with E-state index in [1.807, 2.05) is 6.20 Å². The average Bonchev–Trinajstić information content (AvgIpc) is 2.10. The van der Waals surface area contributed by atoms with Crippen LogP contribution in [0.2, 0.25) is 0 Å². The molecule has 0 atom stereocenters. The Kier molecular flexibility index (Phi) is 3.90. The summed E-state index contributed by atoms with van der Waals surface area (Å²) in [5.74, 6) is 0. The highest BCUT2D eigenvalue weighted by molar-refractivity contribution is 5.28. The molecule has 1 heterocycles. The Morgan fingerprint density at radius 1 is 1.38 bits per heavy atom. The van der Waals surface area contributed by atoms with Crippen LogP contribution in [0.5, 0.6) is 0 Å². The van der Waals surface area contributed by atoms with Gasteiger partial charge in [0, 0.05) is 25.6 Å². The van der Waals surface area contributed by atoms with Crippen LogP contribution in [0.4, 0.5) is 0 Å². The summed E-state index contributed by atoms with van der Waals surface area (Å²) in [6.07, 6.45) is 4.01. The van der Waals surface area contributed by atoms with E-state index < -0.39 is 0 Å². The first kappa shape index (κ1) is 10.2. The van der Waals surface area contributed by atoms with E-state index in [0.29, 0.717) is 0 Å². The maximum atomic E-state index is 5.02. The molecule has 0 unspecified atom stereocenters. The fourth-order valence-electron chi connectivity index (χ4n) is 1.50. The molecule has 0 saturated carbocycles. The standard InChI is InChI=1S/C11H17NO/c1-9-6-7-12-10(2)11(9)5-4-8-13-3/h6-7H,4-5,8H2,1-3H3. The van der Waals surface area contributed by atoms with E-state index in [4.69, 9.17) is 4.74 Å². The van der Waals surface area contributed by atoms with Gasteiger partial charge >= 0.3 is 0 Å². The van der Waals surface area contributed by atoms with Crippen LogP contribution >= 0.6 is 0 Å². The van der Waals surface area contributed by atoms with Crippen molar-refractivity contribution in [2.75, 3.05) is 13.7 Å². The molecule has 0 bridgehead atoms. The lowest BCUT2D eigenvalue weighted by molar-refractivity contribution is 0.195. The summed E-state index contributed by atoms with van der Waals surface area (Å²) in [6, 6.07) is 2.06. The van der Waals surface area contributed by atoms with Gasteiger partial charge in [0.25, 0.3) is 0 Å². The van der Waals surface area contributed by atoms with E-state index in [2.05, 4.69) is 24.9 Å². The second kappa shape index (κ2) is 4.97. The normalized spacial score (nSPS) is 10.4. The number of aromatic nitrogens is 1. The SMILES string of the molecule is COCCCc1c(C)ccnc1C. The Labute approximate surface area is 80.0 Å². The molecule has 13 heavy (non-hydrogen) atoms. The number of ether oxygens (including phenoxy) is 1. The van der Waals surface area contributed by atoms with E-state index in [0.717, 1.165) is 25.1 Å². The van der Waals surface area contributed by atoms with E-state index in [1.54, 1.807) is 7.11 Å². The van der Waals surface area contributed by atoms with Crippen molar-refractivity contribution in [3.05, 3.63) is 29.1 Å². The molecule has 72 valence electrons. The second-order valence-electron chi connectivity index (χ2n) is 3.29. The largest absolute Gasteiger partial charge is 0.385 e. The van der Waals surface area contributed by atoms with E-state index in [1.165, 1.54) is 11.1 Å². The maximum absolute atomic E-state index is 5.02. The number of hydrogen-bond donors (Lipinski definition) is 0. The monoisotopic (exact) mass is 179 g/mol. The number of pyridine rings is 1. The second-order valence-corrected chi connectivity index (χ2v) is 3.29. The quantitative estimate of drug-likeness (QED) is 0.661. The highest BCUT2D eigenvalue weighted by Gasteiger charge is 2.01. The molecule has 0 spiro atoms. The van der Waals surface area contributed by atoms with Crippen molar-refractivity contribution in [3.8, 4) is 0 Å². The third kappa shape index (κ3) is 2.81. The molecule has 0 aliphatic carbocycles. The van der Waals surface area contributed by atoms with Crippen molar-refractivity contribution >= 4 is 0 Å². The van der Waals surface area contributed by atoms with Gasteiger partial charge in [-0.1, -0.05) is 0 Å². The first-order valence-corrected chi connectivity index (χ1v) is 4.65. The van der Waals surface area contributed by atoms with Crippen LogP contribution in [-0.4, -0.2) is 18.7 Å². The van der Waals surface area contributed by atoms with Gasteiger partial charge in [-0.3, -0.25) is 4.98 Å². The lowest BCUT2D eigenvalue weighted by atomic mass is 10.0. The van der Waals surface area contributed by atoms with Gasteiger partial charge in [0.1, 0.15) is 0 Å². The summed E-state index contributed by atoms with van der Waals surface area (Å²) in [6.45, 7) is 5.03. The van der Waals surface area contributed by atoms with Crippen LogP contribution < -0.4 is 0 Å². The third-order valence-electron chi connectivity index (χ3n) is 2.28. The molecule has 1 aromatic rings. The third-order valence-corrected chi connectivity index (χ3v) is 2.28. The van der Waals surface area contributed by atoms with E-state index >= 15 is 0 Å². The molecule has 2 heteroatoms. The van der Waals surface area contributed by atoms with Gasteiger partial charge < -0.3 is 4.74 Å². The van der Waals surface area contributed by atoms with Gasteiger partial charge in [0.05, 0.1) is 0 Å². The zero-order valence-corrected chi connectivity index (χ0v) is 8.63. The van der Waals surface area contributed by atoms with Crippen LogP contribution in [0.1, 0.15) is 23.2 Å². The average molecular weight is 179 g/mol. The Morgan fingerprint density at radius 2 is 2.15 bits per heavy atom. The minimum Gasteiger partial charge on any atom is -0.385 e. The molecule has 0 saturated heterocycles. The molecular formula is C11H17NO. The molecule has 0 fully saturated rings. The summed E-state index contributed by atoms with van der Waals surface area (Å²) >= 11 is 0. The zero-order chi connectivity index (χ0) is 9.68. The molecule has 1 rings (SSSR count). The van der Waals surface area contributed by atoms with E-state index in [9.17, 15) is 0 Å². The van der Waals surface area contributed by atoms with Gasteiger partial charge in [-0.05, 0) is 43.9 Å². The fraction of sp³-hybridized carbons (Fsp3) is 0.545. The lowest BCUT2D eigenvalue weighted by Gasteiger charge is -2.07. The molecule has 0 aliphatic rings. The number of rotatable bonds is 4. The van der Waals surface area contributed by atoms with Gasteiger partial charge in [-0.2, -0.15) is 0 Å². The highest BCUT2D eigenvalue weighted by Crippen LogP contribution is 2.12. The van der Waals surface area contributed by atoms with Gasteiger partial charge in [-0.15, -0.1) is 0 Å². The van der Waals surface area contributed by atoms with Crippen molar-refractivity contribution in [2.45, 2.75) is 26.7 Å². The Balaban J connectivity index is 2.64. The minimum atomic E-state index is 0.827. The minimum absolute atomic E-state index is 0.827. The predicted octanol–water partition coefficient (Wildman–Crippen LogP) is 2.28. The smallest absolute Gasteiger partial charge is 0.0465 e. The molecule has 1 aromatic heterocycles. The Hall–Kier alpha value is -0.890. The molecule has 2 nitrogen and oxygen atoms in total. The van der Waals surface area contributed by atoms with Crippen molar-refractivity contribution in [2.24, 2.45) is 0 Å². The first-order valence-electron chi connectivity index (χ1n) is 4.65. The van der Waals surface area contributed by atoms with Crippen molar-refractivity contribution in [1.29, 1.82) is 0 Å². The number of aryl methyl sites for hydroxylation is 2. The van der Waals surface area contributed by atoms with Gasteiger partial charge in [-0.25, -0.2) is 0 Å². The molecular weight excluding hydrogens is 162 g/mol. The Morgan fingerprint density at radius 3 is 2.77 bits per heavy atom. The number of methoxy groups -OCH3 is 1. The van der Waals surface area contributed by atoms with Gasteiger partial charge in [0.15, 0.2) is 0 Å². The number of hydrogen-bond acceptors (Lipinski definition) is 2. The first-order chi connectivity index (χ1) is 6.25. The molecule has 0 radical (unpaired) electrons. The summed E-state index contributed by atoms with van der Waals surface area (Å²) in [5.41, 5.74) is 3.86. The van der Waals surface area contributed by atoms with Crippen LogP contribution in [-0.2, 0) is 11.2 Å². The maximum Gasteiger partial charge on any atom is 0.0465 e. The molecule has 0 aliphatic heterocycles. The van der Waals surface area contributed by atoms with Crippen LogP contribution in [0, 0.1) is 13.8 Å². The van der Waals surface area contributed by atoms with Crippen molar-refractivity contribution in [1.82, 2.24) is 4.98 Å². The lowest BCUT2D eigenvalue weighted by Crippen LogP contribution is -1.99. The fourth-order valence-corrected chi connectivity index (χ4v) is 1.50. The topological polar surface area (TPSA) is 22.1 Å². The number of nitrogens with zero attached hydrogens (tertiary/aromatic N) is 1. The molecule has 0 N–H and O–H groups in total. The van der Waals surface area contributed by atoms with Crippen molar-refractivity contribution < 1.29 is 4.74 Å². The van der Waals surface area contributed by atoms with Crippen LogP contribution in [0.3, 0.4) is 0 Å². The summed E-state index contributed by atoms with van der Waals surface area (Å²) in [5, 5.41) is 0. The van der Waals surface area contributed by atoms with E-state index in [-0.39, 0.29) is 0 Å². The van der Waals surface area contributed by atoms with Crippen molar-refractivity contribution in [3.63, 3.8) is 0 Å².